The molecule has 2 aromatic rings. The highest BCUT2D eigenvalue weighted by Crippen LogP contribution is 2.40. The van der Waals surface area contributed by atoms with Gasteiger partial charge in [-0.2, -0.15) is 0 Å². The average molecular weight is 384 g/mol. The minimum Gasteiger partial charge on any atom is -0.441 e. The SMILES string of the molecule is CC.Cc1nc(C2CCCCC2)c(-c2ccc(S(C)(=O)=O)cc2Cl)o1. The van der Waals surface area contributed by atoms with Crippen molar-refractivity contribution in [1.29, 1.82) is 0 Å². The van der Waals surface area contributed by atoms with Gasteiger partial charge in [-0.3, -0.25) is 0 Å². The quantitative estimate of drug-likeness (QED) is 0.673. The van der Waals surface area contributed by atoms with Crippen molar-refractivity contribution in [2.45, 2.75) is 63.7 Å². The Balaban J connectivity index is 0.00000109. The standard InChI is InChI=1S/C17H20ClNO3S.C2H6/c1-11-19-16(12-6-4-3-5-7-12)17(22-11)14-9-8-13(10-15(14)18)23(2,20)21;1-2/h8-10,12H,3-7H2,1-2H3;1-2H3. The number of benzene rings is 1. The topological polar surface area (TPSA) is 60.2 Å². The molecule has 0 amide bonds. The van der Waals surface area contributed by atoms with Crippen molar-refractivity contribution < 1.29 is 12.8 Å². The number of aryl methyl sites for hydroxylation is 1. The molecule has 1 heterocycles. The molecule has 1 saturated carbocycles. The summed E-state index contributed by atoms with van der Waals surface area (Å²) in [5.41, 5.74) is 1.66. The molecule has 1 aromatic carbocycles. The summed E-state index contributed by atoms with van der Waals surface area (Å²) in [4.78, 5) is 4.79. The summed E-state index contributed by atoms with van der Waals surface area (Å²) in [6, 6.07) is 4.76. The normalized spacial score (nSPS) is 15.6. The van der Waals surface area contributed by atoms with E-state index in [-0.39, 0.29) is 4.90 Å². The van der Waals surface area contributed by atoms with Gasteiger partial charge < -0.3 is 4.42 Å². The van der Waals surface area contributed by atoms with Crippen LogP contribution in [-0.2, 0) is 9.84 Å². The van der Waals surface area contributed by atoms with E-state index in [2.05, 4.69) is 4.98 Å². The molecule has 0 bridgehead atoms. The lowest BCUT2D eigenvalue weighted by molar-refractivity contribution is 0.437. The number of oxazole rings is 1. The highest BCUT2D eigenvalue weighted by atomic mass is 35.5. The first-order chi connectivity index (χ1) is 11.9. The van der Waals surface area contributed by atoms with E-state index in [1.165, 1.54) is 31.6 Å². The van der Waals surface area contributed by atoms with E-state index in [4.69, 9.17) is 16.0 Å². The zero-order chi connectivity index (χ0) is 18.6. The molecule has 4 nitrogen and oxygen atoms in total. The van der Waals surface area contributed by atoms with Crippen LogP contribution in [0.3, 0.4) is 0 Å². The van der Waals surface area contributed by atoms with Crippen LogP contribution in [0.5, 0.6) is 0 Å². The third-order valence-corrected chi connectivity index (χ3v) is 5.79. The van der Waals surface area contributed by atoms with Crippen molar-refractivity contribution in [3.63, 3.8) is 0 Å². The summed E-state index contributed by atoms with van der Waals surface area (Å²) in [5, 5.41) is 0.376. The minimum atomic E-state index is -3.28. The van der Waals surface area contributed by atoms with Crippen LogP contribution in [0, 0.1) is 6.92 Å². The second-order valence-electron chi connectivity index (χ2n) is 6.20. The van der Waals surface area contributed by atoms with Gasteiger partial charge in [0.15, 0.2) is 21.5 Å². The van der Waals surface area contributed by atoms with E-state index in [0.717, 1.165) is 18.5 Å². The summed E-state index contributed by atoms with van der Waals surface area (Å²) in [7, 11) is -3.28. The molecule has 1 aromatic heterocycles. The molecule has 0 aliphatic heterocycles. The van der Waals surface area contributed by atoms with Crippen molar-refractivity contribution >= 4 is 21.4 Å². The maximum absolute atomic E-state index is 11.7. The number of hydrogen-bond donors (Lipinski definition) is 0. The van der Waals surface area contributed by atoms with Gasteiger partial charge in [0.05, 0.1) is 15.6 Å². The fourth-order valence-corrected chi connectivity index (χ4v) is 4.18. The molecule has 0 N–H and O–H groups in total. The molecular formula is C19H26ClNO3S. The van der Waals surface area contributed by atoms with Crippen LogP contribution in [0.4, 0.5) is 0 Å². The lowest BCUT2D eigenvalue weighted by Gasteiger charge is -2.20. The summed E-state index contributed by atoms with van der Waals surface area (Å²) >= 11 is 6.34. The number of hydrogen-bond acceptors (Lipinski definition) is 4. The highest BCUT2D eigenvalue weighted by molar-refractivity contribution is 7.90. The monoisotopic (exact) mass is 383 g/mol. The molecule has 0 radical (unpaired) electrons. The molecule has 0 atom stereocenters. The first kappa shape index (κ1) is 20.0. The molecule has 0 saturated heterocycles. The van der Waals surface area contributed by atoms with E-state index in [9.17, 15) is 8.42 Å². The average Bonchev–Trinajstić information content (AvgIpc) is 2.98. The molecule has 1 aliphatic carbocycles. The van der Waals surface area contributed by atoms with Crippen molar-refractivity contribution in [2.24, 2.45) is 0 Å². The molecule has 138 valence electrons. The largest absolute Gasteiger partial charge is 0.441 e. The summed E-state index contributed by atoms with van der Waals surface area (Å²) in [6.07, 6.45) is 7.07. The van der Waals surface area contributed by atoms with E-state index >= 15 is 0 Å². The number of sulfone groups is 1. The van der Waals surface area contributed by atoms with Crippen LogP contribution in [0.2, 0.25) is 5.02 Å². The summed E-state index contributed by atoms with van der Waals surface area (Å²) in [6.45, 7) is 5.83. The maximum Gasteiger partial charge on any atom is 0.192 e. The van der Waals surface area contributed by atoms with E-state index in [1.807, 2.05) is 20.8 Å². The maximum atomic E-state index is 11.7. The molecule has 1 aliphatic rings. The zero-order valence-corrected chi connectivity index (χ0v) is 16.9. The van der Waals surface area contributed by atoms with Crippen LogP contribution in [-0.4, -0.2) is 19.7 Å². The Morgan fingerprint density at radius 3 is 2.36 bits per heavy atom. The predicted molar refractivity (Wildman–Crippen MR) is 102 cm³/mol. The van der Waals surface area contributed by atoms with Gasteiger partial charge in [-0.15, -0.1) is 0 Å². The Hall–Kier alpha value is -1.33. The van der Waals surface area contributed by atoms with Crippen LogP contribution in [0.1, 0.15) is 63.5 Å². The van der Waals surface area contributed by atoms with E-state index in [0.29, 0.717) is 28.2 Å². The second-order valence-corrected chi connectivity index (χ2v) is 8.62. The minimum absolute atomic E-state index is 0.210. The van der Waals surface area contributed by atoms with Gasteiger partial charge in [-0.1, -0.05) is 44.7 Å². The molecule has 25 heavy (non-hydrogen) atoms. The second kappa shape index (κ2) is 8.37. The fraction of sp³-hybridized carbons (Fsp3) is 0.526. The van der Waals surface area contributed by atoms with Gasteiger partial charge in [0.25, 0.3) is 0 Å². The van der Waals surface area contributed by atoms with Gasteiger partial charge in [0, 0.05) is 24.7 Å². The Morgan fingerprint density at radius 2 is 1.80 bits per heavy atom. The Morgan fingerprint density at radius 1 is 1.16 bits per heavy atom. The van der Waals surface area contributed by atoms with Crippen molar-refractivity contribution in [1.82, 2.24) is 4.98 Å². The van der Waals surface area contributed by atoms with Crippen LogP contribution in [0.25, 0.3) is 11.3 Å². The van der Waals surface area contributed by atoms with Gasteiger partial charge in [-0.05, 0) is 31.0 Å². The first-order valence-corrected chi connectivity index (χ1v) is 11.1. The third-order valence-electron chi connectivity index (χ3n) is 4.37. The Kier molecular flexibility index (Phi) is 6.69. The third kappa shape index (κ3) is 4.64. The lowest BCUT2D eigenvalue weighted by atomic mass is 9.85. The smallest absolute Gasteiger partial charge is 0.192 e. The zero-order valence-electron chi connectivity index (χ0n) is 15.3. The fourth-order valence-electron chi connectivity index (χ4n) is 3.20. The highest BCUT2D eigenvalue weighted by Gasteiger charge is 2.25. The van der Waals surface area contributed by atoms with Crippen LogP contribution in [0.15, 0.2) is 27.5 Å². The predicted octanol–water partition coefficient (Wildman–Crippen LogP) is 5.78. The van der Waals surface area contributed by atoms with Crippen molar-refractivity contribution in [3.8, 4) is 11.3 Å². The van der Waals surface area contributed by atoms with Gasteiger partial charge >= 0.3 is 0 Å². The number of rotatable bonds is 3. The number of aromatic nitrogens is 1. The molecule has 3 rings (SSSR count). The molecule has 1 fully saturated rings. The van der Waals surface area contributed by atoms with Crippen molar-refractivity contribution in [2.75, 3.05) is 6.26 Å². The van der Waals surface area contributed by atoms with Gasteiger partial charge in [-0.25, -0.2) is 13.4 Å². The first-order valence-electron chi connectivity index (χ1n) is 8.83. The van der Waals surface area contributed by atoms with Crippen LogP contribution < -0.4 is 0 Å². The summed E-state index contributed by atoms with van der Waals surface area (Å²) in [5.74, 6) is 1.69. The van der Waals surface area contributed by atoms with Crippen LogP contribution >= 0.6 is 11.6 Å². The van der Waals surface area contributed by atoms with E-state index in [1.54, 1.807) is 12.1 Å². The lowest BCUT2D eigenvalue weighted by Crippen LogP contribution is -2.06. The molecule has 0 unspecified atom stereocenters. The van der Waals surface area contributed by atoms with Gasteiger partial charge in [0.2, 0.25) is 0 Å². The van der Waals surface area contributed by atoms with E-state index < -0.39 is 9.84 Å². The van der Waals surface area contributed by atoms with Crippen molar-refractivity contribution in [3.05, 3.63) is 34.8 Å². The molecule has 6 heteroatoms. The number of halogens is 1. The number of nitrogens with zero attached hydrogens (tertiary/aromatic N) is 1. The Labute approximate surface area is 155 Å². The van der Waals surface area contributed by atoms with Gasteiger partial charge in [0.1, 0.15) is 0 Å². The summed E-state index contributed by atoms with van der Waals surface area (Å²) < 4.78 is 29.1. The Bertz CT molecular complexity index is 821. The molecular weight excluding hydrogens is 358 g/mol. The molecule has 0 spiro atoms.